The predicted octanol–water partition coefficient (Wildman–Crippen LogP) is 4.76. The van der Waals surface area contributed by atoms with Crippen molar-refractivity contribution in [3.8, 4) is 0 Å². The topological polar surface area (TPSA) is 17.3 Å². The number of aromatic nitrogens is 2. The summed E-state index contributed by atoms with van der Waals surface area (Å²) in [6.07, 6.45) is 0.381. The van der Waals surface area contributed by atoms with E-state index in [9.17, 15) is 13.2 Å². The van der Waals surface area contributed by atoms with Gasteiger partial charge in [0.25, 0.3) is 0 Å². The molecule has 1 aliphatic rings. The Labute approximate surface area is 125 Å². The Bertz CT molecular complexity index is 682. The maximum atomic E-state index is 12.6. The zero-order valence-electron chi connectivity index (χ0n) is 11.5. The molecular formula is C15H14ClF3N2. The third-order valence-electron chi connectivity index (χ3n) is 4.21. The van der Waals surface area contributed by atoms with Gasteiger partial charge in [0.15, 0.2) is 0 Å². The van der Waals surface area contributed by atoms with Crippen LogP contribution in [0, 0.1) is 11.3 Å². The van der Waals surface area contributed by atoms with Gasteiger partial charge in [-0.1, -0.05) is 37.6 Å². The number of alkyl halides is 3. The molecule has 2 aromatic rings. The second kappa shape index (κ2) is 4.50. The van der Waals surface area contributed by atoms with Crippen LogP contribution in [-0.2, 0) is 0 Å². The van der Waals surface area contributed by atoms with Crippen LogP contribution in [-0.4, -0.2) is 15.6 Å². The molecular weight excluding hydrogens is 301 g/mol. The van der Waals surface area contributed by atoms with Crippen molar-refractivity contribution in [2.24, 2.45) is 11.3 Å². The van der Waals surface area contributed by atoms with Gasteiger partial charge < -0.3 is 4.40 Å². The highest BCUT2D eigenvalue weighted by molar-refractivity contribution is 6.30. The molecule has 0 amide bonds. The van der Waals surface area contributed by atoms with Crippen molar-refractivity contribution in [3.63, 3.8) is 0 Å². The Balaban J connectivity index is 1.93. The number of imidazole rings is 1. The second-order valence-electron chi connectivity index (χ2n) is 5.97. The molecule has 112 valence electrons. The Hall–Kier alpha value is -1.49. The molecule has 0 radical (unpaired) electrons. The van der Waals surface area contributed by atoms with Gasteiger partial charge in [-0.25, -0.2) is 4.98 Å². The number of nitrogens with zero attached hydrogens (tertiary/aromatic N) is 2. The molecule has 0 bridgehead atoms. The van der Waals surface area contributed by atoms with Crippen LogP contribution < -0.4 is 0 Å². The van der Waals surface area contributed by atoms with Crippen molar-refractivity contribution >= 4 is 17.2 Å². The van der Waals surface area contributed by atoms with Crippen molar-refractivity contribution in [1.82, 2.24) is 9.38 Å². The number of rotatable bonds is 2. The number of fused-ring (bicyclic) bond motifs is 1. The zero-order chi connectivity index (χ0) is 15.4. The van der Waals surface area contributed by atoms with E-state index in [1.165, 1.54) is 0 Å². The van der Waals surface area contributed by atoms with Gasteiger partial charge in [-0.05, 0) is 23.5 Å². The van der Waals surface area contributed by atoms with Crippen LogP contribution in [0.3, 0.4) is 0 Å². The molecule has 2 atom stereocenters. The molecule has 1 aliphatic carbocycles. The maximum Gasteiger partial charge on any atom is 0.426 e. The lowest BCUT2D eigenvalue weighted by molar-refractivity contribution is -0.0848. The molecule has 0 unspecified atom stereocenters. The van der Waals surface area contributed by atoms with E-state index in [2.05, 4.69) is 4.98 Å². The summed E-state index contributed by atoms with van der Waals surface area (Å²) in [4.78, 5) is 4.50. The number of allylic oxidation sites excluding steroid dienone is 2. The van der Waals surface area contributed by atoms with Crippen molar-refractivity contribution in [3.05, 3.63) is 47.4 Å². The summed E-state index contributed by atoms with van der Waals surface area (Å²) >= 11 is 5.36. The lowest BCUT2D eigenvalue weighted by Gasteiger charge is -2.04. The summed E-state index contributed by atoms with van der Waals surface area (Å²) < 4.78 is 39.6. The van der Waals surface area contributed by atoms with Gasteiger partial charge in [-0.15, -0.1) is 0 Å². The van der Waals surface area contributed by atoms with E-state index >= 15 is 0 Å². The highest BCUT2D eigenvalue weighted by Gasteiger charge is 2.59. The molecule has 2 aromatic heterocycles. The first kappa shape index (κ1) is 14.4. The summed E-state index contributed by atoms with van der Waals surface area (Å²) in [5.74, 6) is -0.301. The van der Waals surface area contributed by atoms with E-state index in [1.807, 2.05) is 48.8 Å². The molecule has 0 spiro atoms. The number of pyridine rings is 1. The van der Waals surface area contributed by atoms with Crippen LogP contribution in [0.25, 0.3) is 5.65 Å². The molecule has 2 heterocycles. The lowest BCUT2D eigenvalue weighted by atomic mass is 10.1. The SMILES string of the molecule is CC1(C)[C@H](c2cn3ccccc3n2)[C@@H]1/C=C(\Cl)C(F)(F)F. The van der Waals surface area contributed by atoms with Crippen LogP contribution >= 0.6 is 11.6 Å². The Morgan fingerprint density at radius 1 is 1.38 bits per heavy atom. The fraction of sp³-hybridized carbons (Fsp3) is 0.400. The molecule has 3 rings (SSSR count). The Kier molecular flexibility index (Phi) is 3.10. The normalized spacial score (nSPS) is 25.3. The highest BCUT2D eigenvalue weighted by atomic mass is 35.5. The largest absolute Gasteiger partial charge is 0.426 e. The lowest BCUT2D eigenvalue weighted by Crippen LogP contribution is -2.07. The standard InChI is InChI=1S/C15H14ClF3N2/c1-14(2)9(7-11(16)15(17,18)19)13(14)10-8-21-6-4-3-5-12(21)20-10/h3-9,13H,1-2H3/b11-7-/t9-,13-/m0/s1. The molecule has 0 N–H and O–H groups in total. The fourth-order valence-electron chi connectivity index (χ4n) is 2.91. The minimum absolute atomic E-state index is 0.0477. The fourth-order valence-corrected chi connectivity index (χ4v) is 3.05. The van der Waals surface area contributed by atoms with E-state index in [0.29, 0.717) is 0 Å². The number of hydrogen-bond acceptors (Lipinski definition) is 1. The predicted molar refractivity (Wildman–Crippen MR) is 75.2 cm³/mol. The van der Waals surface area contributed by atoms with Gasteiger partial charge in [0, 0.05) is 18.3 Å². The average molecular weight is 315 g/mol. The van der Waals surface area contributed by atoms with Gasteiger partial charge in [-0.2, -0.15) is 13.2 Å². The maximum absolute atomic E-state index is 12.6. The molecule has 0 saturated heterocycles. The summed E-state index contributed by atoms with van der Waals surface area (Å²) in [7, 11) is 0. The molecule has 1 saturated carbocycles. The number of hydrogen-bond donors (Lipinski definition) is 0. The highest BCUT2D eigenvalue weighted by Crippen LogP contribution is 2.65. The molecule has 0 aromatic carbocycles. The second-order valence-corrected chi connectivity index (χ2v) is 6.38. The summed E-state index contributed by atoms with van der Waals surface area (Å²) in [5.41, 5.74) is 1.32. The first-order valence-electron chi connectivity index (χ1n) is 6.59. The minimum atomic E-state index is -4.48. The van der Waals surface area contributed by atoms with Gasteiger partial charge in [0.1, 0.15) is 10.7 Å². The van der Waals surface area contributed by atoms with Crippen LogP contribution in [0.1, 0.15) is 25.5 Å². The van der Waals surface area contributed by atoms with Crippen LogP contribution in [0.2, 0.25) is 0 Å². The van der Waals surface area contributed by atoms with E-state index in [1.54, 1.807) is 0 Å². The molecule has 21 heavy (non-hydrogen) atoms. The summed E-state index contributed by atoms with van der Waals surface area (Å²) in [5, 5.41) is -1.05. The Morgan fingerprint density at radius 2 is 2.10 bits per heavy atom. The number of halogens is 4. The summed E-state index contributed by atoms with van der Waals surface area (Å²) in [6.45, 7) is 3.87. The first-order valence-corrected chi connectivity index (χ1v) is 6.97. The monoisotopic (exact) mass is 314 g/mol. The van der Waals surface area contributed by atoms with E-state index in [0.717, 1.165) is 17.4 Å². The van der Waals surface area contributed by atoms with Crippen molar-refractivity contribution in [2.45, 2.75) is 25.9 Å². The molecule has 2 nitrogen and oxygen atoms in total. The van der Waals surface area contributed by atoms with Gasteiger partial charge >= 0.3 is 6.18 Å². The van der Waals surface area contributed by atoms with Crippen LogP contribution in [0.15, 0.2) is 41.7 Å². The summed E-state index contributed by atoms with van der Waals surface area (Å²) in [6, 6.07) is 5.63. The zero-order valence-corrected chi connectivity index (χ0v) is 12.3. The van der Waals surface area contributed by atoms with Gasteiger partial charge in [0.2, 0.25) is 0 Å². The quantitative estimate of drug-likeness (QED) is 0.781. The van der Waals surface area contributed by atoms with Crippen molar-refractivity contribution < 1.29 is 13.2 Å². The van der Waals surface area contributed by atoms with Crippen LogP contribution in [0.5, 0.6) is 0 Å². The van der Waals surface area contributed by atoms with E-state index in [4.69, 9.17) is 11.6 Å². The van der Waals surface area contributed by atoms with E-state index in [-0.39, 0.29) is 17.3 Å². The average Bonchev–Trinajstić information content (AvgIpc) is 2.75. The van der Waals surface area contributed by atoms with Gasteiger partial charge in [0.05, 0.1) is 5.69 Å². The third kappa shape index (κ3) is 2.44. The minimum Gasteiger partial charge on any atom is -0.307 e. The molecule has 6 heteroatoms. The molecule has 1 fully saturated rings. The first-order chi connectivity index (χ1) is 9.71. The van der Waals surface area contributed by atoms with Gasteiger partial charge in [-0.3, -0.25) is 0 Å². The van der Waals surface area contributed by atoms with Crippen molar-refractivity contribution in [2.75, 3.05) is 0 Å². The van der Waals surface area contributed by atoms with Crippen molar-refractivity contribution in [1.29, 1.82) is 0 Å². The smallest absolute Gasteiger partial charge is 0.307 e. The third-order valence-corrected chi connectivity index (χ3v) is 4.55. The molecule has 0 aliphatic heterocycles. The van der Waals surface area contributed by atoms with E-state index < -0.39 is 11.2 Å². The van der Waals surface area contributed by atoms with Crippen LogP contribution in [0.4, 0.5) is 13.2 Å². The Morgan fingerprint density at radius 3 is 2.71 bits per heavy atom.